The Hall–Kier alpha value is -2.73. The van der Waals surface area contributed by atoms with E-state index in [1.807, 2.05) is 53.4 Å². The van der Waals surface area contributed by atoms with Crippen LogP contribution in [0.25, 0.3) is 10.4 Å². The molecule has 0 radical (unpaired) electrons. The van der Waals surface area contributed by atoms with Crippen molar-refractivity contribution in [2.75, 3.05) is 18.1 Å². The van der Waals surface area contributed by atoms with Gasteiger partial charge in [0.15, 0.2) is 11.5 Å². The molecule has 4 rings (SSSR count). The molecule has 2 aliphatic rings. The minimum absolute atomic E-state index is 0.218. The Balaban J connectivity index is 1.81. The quantitative estimate of drug-likeness (QED) is 0.521. The standard InChI is InChI=1S/C17H16N4O3/c18-20-19-11-9-23-10-14(17(11)22)21-12-5-1-3-7-15(12)24-16-8-4-2-6-13(16)21/h1-8,11,14,17,22H,9-10H2/t11?,14-,17-/m1/s1. The molecular formula is C17H16N4O3. The lowest BCUT2D eigenvalue weighted by Gasteiger charge is -2.43. The third-order valence-electron chi connectivity index (χ3n) is 4.37. The molecule has 2 aromatic rings. The number of hydrogen-bond donors (Lipinski definition) is 1. The molecule has 1 saturated heterocycles. The first-order valence-electron chi connectivity index (χ1n) is 7.75. The fourth-order valence-corrected chi connectivity index (χ4v) is 3.25. The van der Waals surface area contributed by atoms with E-state index in [0.29, 0.717) is 18.1 Å². The minimum atomic E-state index is -0.839. The van der Waals surface area contributed by atoms with Gasteiger partial charge in [0.25, 0.3) is 0 Å². The Bertz CT molecular complexity index is 760. The first kappa shape index (κ1) is 14.8. The van der Waals surface area contributed by atoms with Crippen molar-refractivity contribution in [1.82, 2.24) is 0 Å². The van der Waals surface area contributed by atoms with E-state index in [-0.39, 0.29) is 12.6 Å². The van der Waals surface area contributed by atoms with Crippen molar-refractivity contribution in [3.05, 3.63) is 59.0 Å². The van der Waals surface area contributed by atoms with Crippen molar-refractivity contribution in [1.29, 1.82) is 0 Å². The van der Waals surface area contributed by atoms with Gasteiger partial charge in [-0.2, -0.15) is 0 Å². The van der Waals surface area contributed by atoms with E-state index >= 15 is 0 Å². The third-order valence-corrected chi connectivity index (χ3v) is 4.37. The highest BCUT2D eigenvalue weighted by atomic mass is 16.5. The zero-order chi connectivity index (χ0) is 16.5. The predicted octanol–water partition coefficient (Wildman–Crippen LogP) is 3.37. The average Bonchev–Trinajstić information content (AvgIpc) is 2.62. The molecule has 0 bridgehead atoms. The van der Waals surface area contributed by atoms with Gasteiger partial charge in [0.1, 0.15) is 0 Å². The number of ether oxygens (including phenoxy) is 2. The monoisotopic (exact) mass is 324 g/mol. The number of azide groups is 1. The highest BCUT2D eigenvalue weighted by molar-refractivity contribution is 5.78. The molecule has 24 heavy (non-hydrogen) atoms. The minimum Gasteiger partial charge on any atom is -0.453 e. The summed E-state index contributed by atoms with van der Waals surface area (Å²) in [5, 5.41) is 14.4. The SMILES string of the molecule is [N-]=[N+]=NC1COC[C@@H](N2c3ccccc3Oc3ccccc32)[C@@H]1O. The highest BCUT2D eigenvalue weighted by Crippen LogP contribution is 2.48. The molecule has 0 saturated carbocycles. The van der Waals surface area contributed by atoms with Crippen molar-refractivity contribution in [2.24, 2.45) is 5.11 Å². The molecule has 0 aromatic heterocycles. The molecule has 2 aliphatic heterocycles. The molecular weight excluding hydrogens is 308 g/mol. The van der Waals surface area contributed by atoms with Gasteiger partial charge >= 0.3 is 0 Å². The van der Waals surface area contributed by atoms with E-state index in [0.717, 1.165) is 11.4 Å². The van der Waals surface area contributed by atoms with Gasteiger partial charge in [-0.1, -0.05) is 29.4 Å². The van der Waals surface area contributed by atoms with Gasteiger partial charge < -0.3 is 19.5 Å². The van der Waals surface area contributed by atoms with Crippen LogP contribution >= 0.6 is 0 Å². The summed E-state index contributed by atoms with van der Waals surface area (Å²) in [5.41, 5.74) is 10.4. The second-order valence-corrected chi connectivity index (χ2v) is 5.78. The van der Waals surface area contributed by atoms with Crippen molar-refractivity contribution in [3.63, 3.8) is 0 Å². The summed E-state index contributed by atoms with van der Waals surface area (Å²) < 4.78 is 11.6. The van der Waals surface area contributed by atoms with Crippen molar-refractivity contribution >= 4 is 11.4 Å². The molecule has 1 N–H and O–H groups in total. The molecule has 3 atom stereocenters. The van der Waals surface area contributed by atoms with Crippen LogP contribution in [0.5, 0.6) is 11.5 Å². The molecule has 1 unspecified atom stereocenters. The fourth-order valence-electron chi connectivity index (χ4n) is 3.25. The Morgan fingerprint density at radius 2 is 1.67 bits per heavy atom. The maximum absolute atomic E-state index is 10.7. The lowest BCUT2D eigenvalue weighted by molar-refractivity contribution is -0.0193. The van der Waals surface area contributed by atoms with E-state index in [1.165, 1.54) is 0 Å². The first-order chi connectivity index (χ1) is 11.8. The molecule has 7 heteroatoms. The summed E-state index contributed by atoms with van der Waals surface area (Å²) >= 11 is 0. The predicted molar refractivity (Wildman–Crippen MR) is 88.6 cm³/mol. The molecule has 2 aromatic carbocycles. The van der Waals surface area contributed by atoms with Gasteiger partial charge in [-0.25, -0.2) is 0 Å². The molecule has 7 nitrogen and oxygen atoms in total. The number of benzene rings is 2. The van der Waals surface area contributed by atoms with Crippen molar-refractivity contribution < 1.29 is 14.6 Å². The lowest BCUT2D eigenvalue weighted by Crippen LogP contribution is -2.54. The Labute approximate surface area is 138 Å². The summed E-state index contributed by atoms with van der Waals surface area (Å²) in [4.78, 5) is 4.83. The van der Waals surface area contributed by atoms with Crippen LogP contribution in [0.4, 0.5) is 11.4 Å². The molecule has 0 aliphatic carbocycles. The second kappa shape index (κ2) is 6.05. The summed E-state index contributed by atoms with van der Waals surface area (Å²) in [6.07, 6.45) is -0.839. The van der Waals surface area contributed by atoms with Crippen molar-refractivity contribution in [3.8, 4) is 11.5 Å². The normalized spacial score (nSPS) is 25.0. The fraction of sp³-hybridized carbons (Fsp3) is 0.294. The van der Waals surface area contributed by atoms with Crippen LogP contribution in [0.2, 0.25) is 0 Å². The number of aliphatic hydroxyl groups excluding tert-OH is 1. The number of fused-ring (bicyclic) bond motifs is 2. The van der Waals surface area contributed by atoms with E-state index in [4.69, 9.17) is 15.0 Å². The number of para-hydroxylation sites is 4. The van der Waals surface area contributed by atoms with E-state index in [2.05, 4.69) is 10.0 Å². The van der Waals surface area contributed by atoms with Crippen LogP contribution in [0.15, 0.2) is 53.6 Å². The topological polar surface area (TPSA) is 90.7 Å². The van der Waals surface area contributed by atoms with Crippen LogP contribution in [0.3, 0.4) is 0 Å². The number of aliphatic hydroxyl groups is 1. The smallest absolute Gasteiger partial charge is 0.151 e. The van der Waals surface area contributed by atoms with Gasteiger partial charge in [0.2, 0.25) is 0 Å². The van der Waals surface area contributed by atoms with Gasteiger partial charge in [-0.3, -0.25) is 0 Å². The van der Waals surface area contributed by atoms with E-state index < -0.39 is 12.1 Å². The van der Waals surface area contributed by atoms with Crippen molar-refractivity contribution in [2.45, 2.75) is 18.2 Å². The molecule has 1 fully saturated rings. The third kappa shape index (κ3) is 2.35. The Kier molecular flexibility index (Phi) is 3.74. The van der Waals surface area contributed by atoms with Crippen LogP contribution in [-0.4, -0.2) is 36.5 Å². The summed E-state index contributed by atoms with van der Waals surface area (Å²) in [6, 6.07) is 14.3. The highest BCUT2D eigenvalue weighted by Gasteiger charge is 2.39. The van der Waals surface area contributed by atoms with Gasteiger partial charge in [0.05, 0.1) is 42.8 Å². The van der Waals surface area contributed by atoms with Crippen LogP contribution in [0.1, 0.15) is 0 Å². The molecule has 122 valence electrons. The number of nitrogens with zero attached hydrogens (tertiary/aromatic N) is 4. The maximum atomic E-state index is 10.7. The summed E-state index contributed by atoms with van der Waals surface area (Å²) in [7, 11) is 0. The van der Waals surface area contributed by atoms with E-state index in [1.54, 1.807) is 0 Å². The van der Waals surface area contributed by atoms with Crippen LogP contribution in [-0.2, 0) is 4.74 Å². The second-order valence-electron chi connectivity index (χ2n) is 5.78. The van der Waals surface area contributed by atoms with Gasteiger partial charge in [0, 0.05) is 4.91 Å². The molecule has 0 spiro atoms. The summed E-state index contributed by atoms with van der Waals surface area (Å²) in [6.45, 7) is 0.552. The maximum Gasteiger partial charge on any atom is 0.151 e. The first-order valence-corrected chi connectivity index (χ1v) is 7.75. The largest absolute Gasteiger partial charge is 0.453 e. The number of anilines is 2. The molecule has 0 amide bonds. The number of hydrogen-bond acceptors (Lipinski definition) is 5. The lowest BCUT2D eigenvalue weighted by atomic mass is 9.98. The van der Waals surface area contributed by atoms with Gasteiger partial charge in [-0.05, 0) is 29.8 Å². The molecule has 2 heterocycles. The Morgan fingerprint density at radius 3 is 2.29 bits per heavy atom. The van der Waals surface area contributed by atoms with Crippen LogP contribution < -0.4 is 9.64 Å². The Morgan fingerprint density at radius 1 is 1.04 bits per heavy atom. The zero-order valence-corrected chi connectivity index (χ0v) is 12.8. The average molecular weight is 324 g/mol. The van der Waals surface area contributed by atoms with E-state index in [9.17, 15) is 5.11 Å². The van der Waals surface area contributed by atoms with Crippen LogP contribution in [0, 0.1) is 0 Å². The number of rotatable bonds is 2. The summed E-state index contributed by atoms with van der Waals surface area (Å²) in [5.74, 6) is 1.43. The van der Waals surface area contributed by atoms with Gasteiger partial charge in [-0.15, -0.1) is 0 Å². The zero-order valence-electron chi connectivity index (χ0n) is 12.8.